The molecule has 15 heavy (non-hydrogen) atoms. The van der Waals surface area contributed by atoms with Crippen molar-refractivity contribution in [1.29, 1.82) is 0 Å². The van der Waals surface area contributed by atoms with E-state index in [9.17, 15) is 4.79 Å². The molecule has 0 atom stereocenters. The van der Waals surface area contributed by atoms with Crippen LogP contribution in [0.3, 0.4) is 0 Å². The van der Waals surface area contributed by atoms with Crippen LogP contribution in [0.1, 0.15) is 26.5 Å². The summed E-state index contributed by atoms with van der Waals surface area (Å²) in [5, 5.41) is 9.18. The number of anilines is 1. The first-order valence-electron chi connectivity index (χ1n) is 4.50. The number of amides is 1. The molecule has 0 aromatic carbocycles. The molecule has 84 valence electrons. The standard InChI is InChI=1S/C9H14BrN3O2/c1-5-6(10)7(13-12-5)11-8(14)15-9(2,3)4/h1-4H3,(H2,11,12,13,14). The van der Waals surface area contributed by atoms with Crippen molar-refractivity contribution >= 4 is 27.8 Å². The van der Waals surface area contributed by atoms with E-state index < -0.39 is 11.7 Å². The van der Waals surface area contributed by atoms with Crippen molar-refractivity contribution in [2.75, 3.05) is 5.32 Å². The smallest absolute Gasteiger partial charge is 0.413 e. The van der Waals surface area contributed by atoms with Crippen LogP contribution in [0, 0.1) is 6.92 Å². The zero-order valence-corrected chi connectivity index (χ0v) is 10.7. The minimum Gasteiger partial charge on any atom is -0.444 e. The number of nitrogens with one attached hydrogen (secondary N) is 2. The lowest BCUT2D eigenvalue weighted by Gasteiger charge is -2.19. The van der Waals surface area contributed by atoms with E-state index in [2.05, 4.69) is 31.4 Å². The van der Waals surface area contributed by atoms with Crippen molar-refractivity contribution in [2.24, 2.45) is 0 Å². The van der Waals surface area contributed by atoms with E-state index in [0.29, 0.717) is 5.82 Å². The lowest BCUT2D eigenvalue weighted by Crippen LogP contribution is -2.27. The molecule has 0 bridgehead atoms. The molecular weight excluding hydrogens is 262 g/mol. The maximum Gasteiger partial charge on any atom is 0.413 e. The SMILES string of the molecule is Cc1[nH]nc(NC(=O)OC(C)(C)C)c1Br. The molecule has 1 aromatic heterocycles. The summed E-state index contributed by atoms with van der Waals surface area (Å²) in [4.78, 5) is 11.4. The Balaban J connectivity index is 2.63. The number of ether oxygens (including phenoxy) is 1. The second-order valence-electron chi connectivity index (χ2n) is 4.14. The van der Waals surface area contributed by atoms with Crippen molar-refractivity contribution in [1.82, 2.24) is 10.2 Å². The fourth-order valence-corrected chi connectivity index (χ4v) is 1.18. The third kappa shape index (κ3) is 3.54. The molecule has 0 radical (unpaired) electrons. The summed E-state index contributed by atoms with van der Waals surface area (Å²) >= 11 is 3.29. The van der Waals surface area contributed by atoms with Gasteiger partial charge in [0.2, 0.25) is 0 Å². The lowest BCUT2D eigenvalue weighted by molar-refractivity contribution is 0.0635. The number of halogens is 1. The van der Waals surface area contributed by atoms with Gasteiger partial charge in [0.25, 0.3) is 0 Å². The predicted molar refractivity (Wildman–Crippen MR) is 60.9 cm³/mol. The molecule has 0 aliphatic carbocycles. The molecule has 0 spiro atoms. The largest absolute Gasteiger partial charge is 0.444 e. The highest BCUT2D eigenvalue weighted by Crippen LogP contribution is 2.23. The van der Waals surface area contributed by atoms with Gasteiger partial charge in [0.15, 0.2) is 5.82 Å². The van der Waals surface area contributed by atoms with Crippen molar-refractivity contribution in [2.45, 2.75) is 33.3 Å². The maximum atomic E-state index is 11.4. The Morgan fingerprint density at radius 3 is 2.53 bits per heavy atom. The third-order valence-corrected chi connectivity index (χ3v) is 2.46. The van der Waals surface area contributed by atoms with Gasteiger partial charge in [-0.2, -0.15) is 5.10 Å². The number of carbonyl (C=O) groups is 1. The van der Waals surface area contributed by atoms with E-state index in [0.717, 1.165) is 10.2 Å². The number of aromatic nitrogens is 2. The van der Waals surface area contributed by atoms with E-state index in [4.69, 9.17) is 4.74 Å². The summed E-state index contributed by atoms with van der Waals surface area (Å²) in [7, 11) is 0. The van der Waals surface area contributed by atoms with Crippen LogP contribution in [0.2, 0.25) is 0 Å². The molecule has 1 amide bonds. The number of aryl methyl sites for hydroxylation is 1. The van der Waals surface area contributed by atoms with Crippen LogP contribution in [-0.2, 0) is 4.74 Å². The monoisotopic (exact) mass is 275 g/mol. The molecule has 0 saturated heterocycles. The molecule has 1 heterocycles. The quantitative estimate of drug-likeness (QED) is 0.828. The molecule has 0 unspecified atom stereocenters. The number of carbonyl (C=O) groups excluding carboxylic acids is 1. The molecule has 5 nitrogen and oxygen atoms in total. The summed E-state index contributed by atoms with van der Waals surface area (Å²) in [5.41, 5.74) is 0.336. The van der Waals surface area contributed by atoms with E-state index in [1.165, 1.54) is 0 Å². The van der Waals surface area contributed by atoms with Gasteiger partial charge in [-0.25, -0.2) is 4.79 Å². The lowest BCUT2D eigenvalue weighted by atomic mass is 10.2. The summed E-state index contributed by atoms with van der Waals surface area (Å²) in [6.45, 7) is 7.25. The molecular formula is C9H14BrN3O2. The van der Waals surface area contributed by atoms with Gasteiger partial charge in [-0.15, -0.1) is 0 Å². The number of hydrogen-bond acceptors (Lipinski definition) is 3. The van der Waals surface area contributed by atoms with Crippen LogP contribution < -0.4 is 5.32 Å². The third-order valence-electron chi connectivity index (χ3n) is 1.49. The van der Waals surface area contributed by atoms with E-state index >= 15 is 0 Å². The Morgan fingerprint density at radius 2 is 2.13 bits per heavy atom. The number of aromatic amines is 1. The Morgan fingerprint density at radius 1 is 1.53 bits per heavy atom. The first-order valence-corrected chi connectivity index (χ1v) is 5.29. The zero-order valence-electron chi connectivity index (χ0n) is 9.14. The average Bonchev–Trinajstić information content (AvgIpc) is 2.32. The zero-order chi connectivity index (χ0) is 11.6. The maximum absolute atomic E-state index is 11.4. The van der Waals surface area contributed by atoms with Gasteiger partial charge in [0.05, 0.1) is 4.47 Å². The van der Waals surface area contributed by atoms with Crippen molar-refractivity contribution in [3.63, 3.8) is 0 Å². The van der Waals surface area contributed by atoms with Crippen LogP contribution in [0.5, 0.6) is 0 Å². The highest BCUT2D eigenvalue weighted by Gasteiger charge is 2.18. The summed E-state index contributed by atoms with van der Waals surface area (Å²) in [6.07, 6.45) is -0.519. The van der Waals surface area contributed by atoms with Crippen molar-refractivity contribution < 1.29 is 9.53 Å². The van der Waals surface area contributed by atoms with Gasteiger partial charge in [0.1, 0.15) is 5.60 Å². The van der Waals surface area contributed by atoms with Crippen LogP contribution in [-0.4, -0.2) is 21.9 Å². The Hall–Kier alpha value is -1.04. The Labute approximate surface area is 96.7 Å². The second kappa shape index (κ2) is 4.22. The average molecular weight is 276 g/mol. The highest BCUT2D eigenvalue weighted by molar-refractivity contribution is 9.10. The molecule has 0 fully saturated rings. The fourth-order valence-electron chi connectivity index (χ4n) is 0.899. The minimum absolute atomic E-state index is 0.432. The van der Waals surface area contributed by atoms with Crippen LogP contribution in [0.4, 0.5) is 10.6 Å². The van der Waals surface area contributed by atoms with E-state index in [1.807, 2.05) is 6.92 Å². The number of rotatable bonds is 1. The van der Waals surface area contributed by atoms with E-state index in [-0.39, 0.29) is 0 Å². The summed E-state index contributed by atoms with van der Waals surface area (Å²) < 4.78 is 5.81. The van der Waals surface area contributed by atoms with Crippen LogP contribution >= 0.6 is 15.9 Å². The molecule has 0 saturated carbocycles. The fraction of sp³-hybridized carbons (Fsp3) is 0.556. The number of nitrogens with zero attached hydrogens (tertiary/aromatic N) is 1. The minimum atomic E-state index is -0.519. The molecule has 1 aromatic rings. The summed E-state index contributed by atoms with van der Waals surface area (Å²) in [6, 6.07) is 0. The van der Waals surface area contributed by atoms with Crippen molar-refractivity contribution in [3.8, 4) is 0 Å². The van der Waals surface area contributed by atoms with Gasteiger partial charge in [-0.05, 0) is 43.6 Å². The van der Waals surface area contributed by atoms with Crippen LogP contribution in [0.15, 0.2) is 4.47 Å². The highest BCUT2D eigenvalue weighted by atomic mass is 79.9. The van der Waals surface area contributed by atoms with Gasteiger partial charge in [-0.1, -0.05) is 0 Å². The second-order valence-corrected chi connectivity index (χ2v) is 4.93. The van der Waals surface area contributed by atoms with E-state index in [1.54, 1.807) is 20.8 Å². The Bertz CT molecular complexity index is 368. The number of hydrogen-bond donors (Lipinski definition) is 2. The first-order chi connectivity index (χ1) is 6.79. The van der Waals surface area contributed by atoms with Crippen LogP contribution in [0.25, 0.3) is 0 Å². The molecule has 6 heteroatoms. The van der Waals surface area contributed by atoms with Crippen molar-refractivity contribution in [3.05, 3.63) is 10.2 Å². The molecule has 2 N–H and O–H groups in total. The topological polar surface area (TPSA) is 67.0 Å². The first kappa shape index (κ1) is 12.0. The van der Waals surface area contributed by atoms with Gasteiger partial charge < -0.3 is 4.74 Å². The molecule has 0 aliphatic rings. The molecule has 1 rings (SSSR count). The normalized spacial score (nSPS) is 11.3. The molecule has 0 aliphatic heterocycles. The van der Waals surface area contributed by atoms with Gasteiger partial charge in [0, 0.05) is 5.69 Å². The number of H-pyrrole nitrogens is 1. The predicted octanol–water partition coefficient (Wildman–Crippen LogP) is 2.83. The Kier molecular flexibility index (Phi) is 3.38. The van der Waals surface area contributed by atoms with Gasteiger partial charge in [-0.3, -0.25) is 10.4 Å². The summed E-state index contributed by atoms with van der Waals surface area (Å²) in [5.74, 6) is 0.432. The van der Waals surface area contributed by atoms with Gasteiger partial charge >= 0.3 is 6.09 Å².